The molecule has 1 aliphatic rings. The Kier molecular flexibility index (Phi) is 4.98. The summed E-state index contributed by atoms with van der Waals surface area (Å²) >= 11 is 3.09. The molecule has 1 heterocycles. The third-order valence-corrected chi connectivity index (χ3v) is 4.25. The van der Waals surface area contributed by atoms with Gasteiger partial charge in [-0.25, -0.2) is 4.39 Å². The maximum Gasteiger partial charge on any atom is 0.250 e. The summed E-state index contributed by atoms with van der Waals surface area (Å²) in [5.41, 5.74) is 0.420. The molecule has 114 valence electrons. The fraction of sp³-hybridized carbons (Fsp3) is 0.467. The second-order valence-electron chi connectivity index (χ2n) is 5.08. The Hall–Kier alpha value is -1.43. The Morgan fingerprint density at radius 2 is 2.05 bits per heavy atom. The van der Waals surface area contributed by atoms with Crippen LogP contribution >= 0.6 is 15.9 Å². The number of piperazine rings is 1. The molecule has 6 heteroatoms. The van der Waals surface area contributed by atoms with Crippen molar-refractivity contribution in [1.29, 1.82) is 0 Å². The first kappa shape index (κ1) is 15.9. The molecule has 0 aliphatic carbocycles. The van der Waals surface area contributed by atoms with Crippen LogP contribution in [0.15, 0.2) is 22.7 Å². The van der Waals surface area contributed by atoms with Gasteiger partial charge in [0.1, 0.15) is 17.9 Å². The number of halogens is 2. The molecule has 1 aliphatic heterocycles. The minimum atomic E-state index is -0.591. The number of hydrogen-bond acceptors (Lipinski definition) is 2. The highest BCUT2D eigenvalue weighted by molar-refractivity contribution is 9.10. The van der Waals surface area contributed by atoms with E-state index in [1.165, 1.54) is 11.0 Å². The molecular formula is C15H18BrFN2O2. The maximum absolute atomic E-state index is 13.7. The lowest BCUT2D eigenvalue weighted by molar-refractivity contribution is -0.134. The summed E-state index contributed by atoms with van der Waals surface area (Å²) in [6.45, 7) is 3.79. The Morgan fingerprint density at radius 1 is 1.33 bits per heavy atom. The number of carbonyl (C=O) groups is 2. The van der Waals surface area contributed by atoms with Gasteiger partial charge in [0.15, 0.2) is 0 Å². The van der Waals surface area contributed by atoms with Crippen LogP contribution in [0, 0.1) is 5.82 Å². The Morgan fingerprint density at radius 3 is 2.62 bits per heavy atom. The van der Waals surface area contributed by atoms with Gasteiger partial charge in [-0.15, -0.1) is 0 Å². The number of hydrogen-bond donors (Lipinski definition) is 1. The van der Waals surface area contributed by atoms with Crippen LogP contribution in [0.5, 0.6) is 0 Å². The van der Waals surface area contributed by atoms with E-state index in [4.69, 9.17) is 0 Å². The molecule has 1 saturated heterocycles. The molecule has 21 heavy (non-hydrogen) atoms. The van der Waals surface area contributed by atoms with Crippen molar-refractivity contribution in [2.45, 2.75) is 45.2 Å². The van der Waals surface area contributed by atoms with Crippen LogP contribution in [-0.2, 0) is 9.59 Å². The number of amides is 2. The average Bonchev–Trinajstić information content (AvgIpc) is 2.45. The van der Waals surface area contributed by atoms with Gasteiger partial charge in [0.05, 0.1) is 4.47 Å². The smallest absolute Gasteiger partial charge is 0.250 e. The second-order valence-corrected chi connectivity index (χ2v) is 5.93. The average molecular weight is 357 g/mol. The molecule has 2 amide bonds. The van der Waals surface area contributed by atoms with Crippen molar-refractivity contribution in [3.8, 4) is 0 Å². The van der Waals surface area contributed by atoms with Crippen LogP contribution in [0.1, 0.15) is 33.1 Å². The van der Waals surface area contributed by atoms with Crippen molar-refractivity contribution in [2.75, 3.05) is 4.90 Å². The molecular weight excluding hydrogens is 339 g/mol. The SMILES string of the molecule is CCCC1NC(=O)C(CC)N(c2ccc(Br)c(F)c2)C1=O. The van der Waals surface area contributed by atoms with E-state index in [-0.39, 0.29) is 11.8 Å². The first-order valence-electron chi connectivity index (χ1n) is 7.08. The van der Waals surface area contributed by atoms with Gasteiger partial charge in [-0.3, -0.25) is 14.5 Å². The van der Waals surface area contributed by atoms with Crippen molar-refractivity contribution in [3.05, 3.63) is 28.5 Å². The first-order valence-corrected chi connectivity index (χ1v) is 7.87. The van der Waals surface area contributed by atoms with Crippen LogP contribution in [0.25, 0.3) is 0 Å². The van der Waals surface area contributed by atoms with Gasteiger partial charge < -0.3 is 5.32 Å². The molecule has 0 saturated carbocycles. The highest BCUT2D eigenvalue weighted by atomic mass is 79.9. The molecule has 0 aromatic heterocycles. The van der Waals surface area contributed by atoms with E-state index < -0.39 is 17.9 Å². The summed E-state index contributed by atoms with van der Waals surface area (Å²) < 4.78 is 14.1. The Balaban J connectivity index is 2.41. The number of rotatable bonds is 4. The van der Waals surface area contributed by atoms with Crippen LogP contribution in [0.3, 0.4) is 0 Å². The van der Waals surface area contributed by atoms with Gasteiger partial charge in [-0.2, -0.15) is 0 Å². The molecule has 0 radical (unpaired) electrons. The minimum Gasteiger partial charge on any atom is -0.342 e. The minimum absolute atomic E-state index is 0.176. The molecule has 2 rings (SSSR count). The summed E-state index contributed by atoms with van der Waals surface area (Å²) in [6.07, 6.45) is 1.85. The van der Waals surface area contributed by atoms with E-state index in [0.29, 0.717) is 23.0 Å². The zero-order valence-corrected chi connectivity index (χ0v) is 13.6. The molecule has 1 aromatic rings. The maximum atomic E-state index is 13.7. The molecule has 1 fully saturated rings. The lowest BCUT2D eigenvalue weighted by Gasteiger charge is -2.38. The molecule has 2 unspecified atom stereocenters. The Labute approximate surface area is 131 Å². The molecule has 0 spiro atoms. The number of carbonyl (C=O) groups excluding carboxylic acids is 2. The molecule has 1 N–H and O–H groups in total. The zero-order chi connectivity index (χ0) is 15.6. The predicted molar refractivity (Wildman–Crippen MR) is 82.5 cm³/mol. The highest BCUT2D eigenvalue weighted by Gasteiger charge is 2.40. The van der Waals surface area contributed by atoms with E-state index in [1.807, 2.05) is 13.8 Å². The summed E-state index contributed by atoms with van der Waals surface area (Å²) in [4.78, 5) is 26.2. The standard InChI is InChI=1S/C15H18BrFN2O2/c1-3-5-12-15(21)19(13(4-2)14(20)18-12)9-6-7-10(16)11(17)8-9/h6-8,12-13H,3-5H2,1-2H3,(H,18,20). The normalized spacial score (nSPS) is 22.4. The van der Waals surface area contributed by atoms with E-state index in [2.05, 4.69) is 21.2 Å². The van der Waals surface area contributed by atoms with Gasteiger partial charge in [0, 0.05) is 5.69 Å². The monoisotopic (exact) mass is 356 g/mol. The van der Waals surface area contributed by atoms with Crippen LogP contribution in [0.4, 0.5) is 10.1 Å². The number of anilines is 1. The Bertz CT molecular complexity index is 565. The summed E-state index contributed by atoms with van der Waals surface area (Å²) in [7, 11) is 0. The van der Waals surface area contributed by atoms with Crippen molar-refractivity contribution in [2.24, 2.45) is 0 Å². The second kappa shape index (κ2) is 6.56. The highest BCUT2D eigenvalue weighted by Crippen LogP contribution is 2.27. The third-order valence-electron chi connectivity index (χ3n) is 3.61. The summed E-state index contributed by atoms with van der Waals surface area (Å²) in [5.74, 6) is -0.808. The molecule has 4 nitrogen and oxygen atoms in total. The number of nitrogens with zero attached hydrogens (tertiary/aromatic N) is 1. The van der Waals surface area contributed by atoms with Gasteiger partial charge in [0.25, 0.3) is 0 Å². The molecule has 1 aromatic carbocycles. The van der Waals surface area contributed by atoms with Crippen LogP contribution < -0.4 is 10.2 Å². The van der Waals surface area contributed by atoms with Crippen molar-refractivity contribution in [1.82, 2.24) is 5.32 Å². The predicted octanol–water partition coefficient (Wildman–Crippen LogP) is 3.00. The lowest BCUT2D eigenvalue weighted by Crippen LogP contribution is -2.63. The van der Waals surface area contributed by atoms with E-state index in [0.717, 1.165) is 6.42 Å². The van der Waals surface area contributed by atoms with Crippen molar-refractivity contribution < 1.29 is 14.0 Å². The van der Waals surface area contributed by atoms with Crippen molar-refractivity contribution in [3.63, 3.8) is 0 Å². The van der Waals surface area contributed by atoms with E-state index in [1.54, 1.807) is 12.1 Å². The number of benzene rings is 1. The van der Waals surface area contributed by atoms with E-state index in [9.17, 15) is 14.0 Å². The summed E-state index contributed by atoms with van der Waals surface area (Å²) in [5, 5.41) is 2.76. The van der Waals surface area contributed by atoms with Gasteiger partial charge in [-0.05, 0) is 47.0 Å². The molecule has 0 bridgehead atoms. The summed E-state index contributed by atoms with van der Waals surface area (Å²) in [6, 6.07) is 3.36. The van der Waals surface area contributed by atoms with Crippen molar-refractivity contribution >= 4 is 33.4 Å². The van der Waals surface area contributed by atoms with Crippen LogP contribution in [0.2, 0.25) is 0 Å². The van der Waals surface area contributed by atoms with Gasteiger partial charge >= 0.3 is 0 Å². The fourth-order valence-electron chi connectivity index (χ4n) is 2.56. The fourth-order valence-corrected chi connectivity index (χ4v) is 2.81. The van der Waals surface area contributed by atoms with Gasteiger partial charge in [0.2, 0.25) is 11.8 Å². The largest absolute Gasteiger partial charge is 0.342 e. The van der Waals surface area contributed by atoms with E-state index >= 15 is 0 Å². The zero-order valence-electron chi connectivity index (χ0n) is 12.0. The lowest BCUT2D eigenvalue weighted by atomic mass is 10.0. The van der Waals surface area contributed by atoms with Crippen LogP contribution in [-0.4, -0.2) is 23.9 Å². The molecule has 2 atom stereocenters. The van der Waals surface area contributed by atoms with Gasteiger partial charge in [-0.1, -0.05) is 20.3 Å². The quantitative estimate of drug-likeness (QED) is 0.901. The third kappa shape index (κ3) is 3.10. The first-order chi connectivity index (χ1) is 9.99. The topological polar surface area (TPSA) is 49.4 Å². The number of nitrogens with one attached hydrogen (secondary N) is 1.